The van der Waals surface area contributed by atoms with Gasteiger partial charge in [0, 0.05) is 18.7 Å². The minimum atomic E-state index is 0.216. The van der Waals surface area contributed by atoms with E-state index in [0.29, 0.717) is 12.0 Å². The second-order valence-electron chi connectivity index (χ2n) is 3.76. The summed E-state index contributed by atoms with van der Waals surface area (Å²) < 4.78 is 5.24. The normalized spacial score (nSPS) is 26.5. The molecule has 0 spiro atoms. The van der Waals surface area contributed by atoms with Gasteiger partial charge < -0.3 is 15.2 Å². The van der Waals surface area contributed by atoms with Crippen LogP contribution in [0.3, 0.4) is 0 Å². The van der Waals surface area contributed by atoms with Crippen LogP contribution in [-0.2, 0) is 4.74 Å². The second kappa shape index (κ2) is 4.80. The van der Waals surface area contributed by atoms with E-state index in [-0.39, 0.29) is 12.6 Å². The molecule has 1 unspecified atom stereocenters. The van der Waals surface area contributed by atoms with E-state index in [1.165, 1.54) is 0 Å². The molecule has 3 nitrogen and oxygen atoms in total. The molecule has 0 aliphatic carbocycles. The van der Waals surface area contributed by atoms with Gasteiger partial charge in [-0.05, 0) is 12.3 Å². The van der Waals surface area contributed by atoms with Crippen LogP contribution in [0.1, 0.15) is 20.3 Å². The zero-order chi connectivity index (χ0) is 8.97. The zero-order valence-electron chi connectivity index (χ0n) is 7.92. The number of ether oxygens (including phenoxy) is 1. The SMILES string of the molecule is CC(C)[C@@H](CO)NC1CCOC1. The Bertz CT molecular complexity index is 122. The fraction of sp³-hybridized carbons (Fsp3) is 1.00. The van der Waals surface area contributed by atoms with Gasteiger partial charge in [0.05, 0.1) is 13.2 Å². The van der Waals surface area contributed by atoms with Crippen molar-refractivity contribution in [3.8, 4) is 0 Å². The van der Waals surface area contributed by atoms with Crippen molar-refractivity contribution < 1.29 is 9.84 Å². The Labute approximate surface area is 74.1 Å². The summed E-state index contributed by atoms with van der Waals surface area (Å²) in [5.41, 5.74) is 0. The topological polar surface area (TPSA) is 41.5 Å². The molecular formula is C9H19NO2. The van der Waals surface area contributed by atoms with Crippen molar-refractivity contribution in [2.45, 2.75) is 32.4 Å². The molecule has 0 aromatic heterocycles. The summed E-state index contributed by atoms with van der Waals surface area (Å²) in [6.07, 6.45) is 1.07. The maximum absolute atomic E-state index is 9.05. The third-order valence-corrected chi connectivity index (χ3v) is 2.38. The Morgan fingerprint density at radius 3 is 2.75 bits per heavy atom. The lowest BCUT2D eigenvalue weighted by atomic mass is 10.0. The lowest BCUT2D eigenvalue weighted by Gasteiger charge is -2.23. The fourth-order valence-corrected chi connectivity index (χ4v) is 1.42. The Balaban J connectivity index is 2.26. The predicted molar refractivity (Wildman–Crippen MR) is 48.1 cm³/mol. The van der Waals surface area contributed by atoms with E-state index in [9.17, 15) is 0 Å². The molecule has 12 heavy (non-hydrogen) atoms. The van der Waals surface area contributed by atoms with Crippen LogP contribution >= 0.6 is 0 Å². The van der Waals surface area contributed by atoms with E-state index in [1.54, 1.807) is 0 Å². The van der Waals surface area contributed by atoms with Gasteiger partial charge in [0.1, 0.15) is 0 Å². The average molecular weight is 173 g/mol. The molecule has 0 bridgehead atoms. The summed E-state index contributed by atoms with van der Waals surface area (Å²) in [5, 5.41) is 12.4. The quantitative estimate of drug-likeness (QED) is 0.646. The third kappa shape index (κ3) is 2.73. The van der Waals surface area contributed by atoms with Gasteiger partial charge in [0.2, 0.25) is 0 Å². The van der Waals surface area contributed by atoms with Crippen LogP contribution in [0.5, 0.6) is 0 Å². The molecular weight excluding hydrogens is 154 g/mol. The third-order valence-electron chi connectivity index (χ3n) is 2.38. The molecule has 3 heteroatoms. The summed E-state index contributed by atoms with van der Waals surface area (Å²) in [5.74, 6) is 0.482. The maximum Gasteiger partial charge on any atom is 0.0620 e. The smallest absolute Gasteiger partial charge is 0.0620 e. The molecule has 0 amide bonds. The fourth-order valence-electron chi connectivity index (χ4n) is 1.42. The van der Waals surface area contributed by atoms with Gasteiger partial charge in [-0.1, -0.05) is 13.8 Å². The molecule has 1 aliphatic rings. The minimum absolute atomic E-state index is 0.216. The van der Waals surface area contributed by atoms with Gasteiger partial charge in [0.15, 0.2) is 0 Å². The van der Waals surface area contributed by atoms with Crippen molar-refractivity contribution in [2.75, 3.05) is 19.8 Å². The number of hydrogen-bond acceptors (Lipinski definition) is 3. The largest absolute Gasteiger partial charge is 0.395 e. The Morgan fingerprint density at radius 2 is 2.33 bits per heavy atom. The second-order valence-corrected chi connectivity index (χ2v) is 3.76. The molecule has 1 heterocycles. The summed E-state index contributed by atoms with van der Waals surface area (Å²) in [6, 6.07) is 0.668. The predicted octanol–water partition coefficient (Wildman–Crippen LogP) is 0.382. The van der Waals surface area contributed by atoms with Crippen LogP contribution in [0.2, 0.25) is 0 Å². The van der Waals surface area contributed by atoms with Crippen LogP contribution in [0.25, 0.3) is 0 Å². The van der Waals surface area contributed by atoms with E-state index in [0.717, 1.165) is 19.6 Å². The average Bonchev–Trinajstić information content (AvgIpc) is 2.51. The summed E-state index contributed by atoms with van der Waals surface area (Å²) in [7, 11) is 0. The molecule has 1 aliphatic heterocycles. The van der Waals surface area contributed by atoms with Crippen LogP contribution in [-0.4, -0.2) is 37.0 Å². The summed E-state index contributed by atoms with van der Waals surface area (Å²) in [6.45, 7) is 6.10. The summed E-state index contributed by atoms with van der Waals surface area (Å²) >= 11 is 0. The number of nitrogens with one attached hydrogen (secondary N) is 1. The summed E-state index contributed by atoms with van der Waals surface area (Å²) in [4.78, 5) is 0. The van der Waals surface area contributed by atoms with Crippen LogP contribution < -0.4 is 5.32 Å². The van der Waals surface area contributed by atoms with Crippen molar-refractivity contribution in [1.82, 2.24) is 5.32 Å². The van der Waals surface area contributed by atoms with Crippen molar-refractivity contribution in [2.24, 2.45) is 5.92 Å². The zero-order valence-corrected chi connectivity index (χ0v) is 7.92. The van der Waals surface area contributed by atoms with Crippen LogP contribution in [0, 0.1) is 5.92 Å². The maximum atomic E-state index is 9.05. The van der Waals surface area contributed by atoms with Gasteiger partial charge in [-0.2, -0.15) is 0 Å². The van der Waals surface area contributed by atoms with Gasteiger partial charge in [-0.15, -0.1) is 0 Å². The number of aliphatic hydroxyl groups excluding tert-OH is 1. The highest BCUT2D eigenvalue weighted by atomic mass is 16.5. The minimum Gasteiger partial charge on any atom is -0.395 e. The lowest BCUT2D eigenvalue weighted by molar-refractivity contribution is 0.170. The van der Waals surface area contributed by atoms with Gasteiger partial charge >= 0.3 is 0 Å². The first kappa shape index (κ1) is 9.96. The highest BCUT2D eigenvalue weighted by Crippen LogP contribution is 2.08. The lowest BCUT2D eigenvalue weighted by Crippen LogP contribution is -2.43. The first-order valence-electron chi connectivity index (χ1n) is 4.68. The van der Waals surface area contributed by atoms with E-state index in [1.807, 2.05) is 0 Å². The monoisotopic (exact) mass is 173 g/mol. The van der Waals surface area contributed by atoms with E-state index >= 15 is 0 Å². The highest BCUT2D eigenvalue weighted by molar-refractivity contribution is 4.78. The van der Waals surface area contributed by atoms with Gasteiger partial charge in [-0.3, -0.25) is 0 Å². The molecule has 1 saturated heterocycles. The van der Waals surface area contributed by atoms with Crippen molar-refractivity contribution in [1.29, 1.82) is 0 Å². The first-order valence-corrected chi connectivity index (χ1v) is 4.68. The molecule has 72 valence electrons. The van der Waals surface area contributed by atoms with Gasteiger partial charge in [-0.25, -0.2) is 0 Å². The van der Waals surface area contributed by atoms with E-state index < -0.39 is 0 Å². The van der Waals surface area contributed by atoms with Crippen molar-refractivity contribution >= 4 is 0 Å². The highest BCUT2D eigenvalue weighted by Gasteiger charge is 2.20. The molecule has 1 fully saturated rings. The first-order chi connectivity index (χ1) is 5.74. The van der Waals surface area contributed by atoms with E-state index in [4.69, 9.17) is 9.84 Å². The molecule has 0 radical (unpaired) electrons. The standard InChI is InChI=1S/C9H19NO2/c1-7(2)9(5-11)10-8-3-4-12-6-8/h7-11H,3-6H2,1-2H3/t8?,9-/m1/s1. The Morgan fingerprint density at radius 1 is 1.58 bits per heavy atom. The van der Waals surface area contributed by atoms with Crippen molar-refractivity contribution in [3.05, 3.63) is 0 Å². The van der Waals surface area contributed by atoms with E-state index in [2.05, 4.69) is 19.2 Å². The molecule has 0 saturated carbocycles. The molecule has 0 aromatic carbocycles. The number of aliphatic hydroxyl groups is 1. The Kier molecular flexibility index (Phi) is 3.98. The van der Waals surface area contributed by atoms with Gasteiger partial charge in [0.25, 0.3) is 0 Å². The molecule has 1 rings (SSSR count). The van der Waals surface area contributed by atoms with Crippen LogP contribution in [0.4, 0.5) is 0 Å². The van der Waals surface area contributed by atoms with Crippen LogP contribution in [0.15, 0.2) is 0 Å². The van der Waals surface area contributed by atoms with Crippen molar-refractivity contribution in [3.63, 3.8) is 0 Å². The number of hydrogen-bond donors (Lipinski definition) is 2. The molecule has 0 aromatic rings. The molecule has 2 N–H and O–H groups in total. The number of rotatable bonds is 4. The Hall–Kier alpha value is -0.120. The molecule has 2 atom stereocenters.